The van der Waals surface area contributed by atoms with Crippen LogP contribution in [0.5, 0.6) is 0 Å². The maximum absolute atomic E-state index is 9.37. The van der Waals surface area contributed by atoms with E-state index in [9.17, 15) is 5.11 Å². The van der Waals surface area contributed by atoms with Crippen LogP contribution in [0.4, 0.5) is 0 Å². The van der Waals surface area contributed by atoms with Crippen molar-refractivity contribution in [2.45, 2.75) is 6.42 Å². The molecule has 2 heterocycles. The summed E-state index contributed by atoms with van der Waals surface area (Å²) >= 11 is 0. The first-order valence-electron chi connectivity index (χ1n) is 5.96. The van der Waals surface area contributed by atoms with E-state index in [4.69, 9.17) is 10.5 Å². The first-order chi connectivity index (χ1) is 7.35. The summed E-state index contributed by atoms with van der Waals surface area (Å²) in [6, 6.07) is 0. The molecule has 0 aromatic carbocycles. The lowest BCUT2D eigenvalue weighted by Crippen LogP contribution is -2.53. The van der Waals surface area contributed by atoms with E-state index in [1.165, 1.54) is 0 Å². The van der Waals surface area contributed by atoms with E-state index in [2.05, 4.69) is 4.90 Å². The van der Waals surface area contributed by atoms with Gasteiger partial charge in [-0.25, -0.2) is 0 Å². The summed E-state index contributed by atoms with van der Waals surface area (Å²) in [5, 5.41) is 9.37. The van der Waals surface area contributed by atoms with Crippen molar-refractivity contribution in [2.24, 2.45) is 23.5 Å². The summed E-state index contributed by atoms with van der Waals surface area (Å²) in [4.78, 5) is 2.48. The minimum atomic E-state index is 0.323. The van der Waals surface area contributed by atoms with E-state index >= 15 is 0 Å². The minimum absolute atomic E-state index is 0.323. The van der Waals surface area contributed by atoms with Crippen LogP contribution >= 0.6 is 0 Å². The number of nitrogens with two attached hydrogens (primary N) is 1. The van der Waals surface area contributed by atoms with Gasteiger partial charge in [0.15, 0.2) is 0 Å². The molecule has 4 heteroatoms. The molecule has 2 aliphatic rings. The standard InChI is InChI=1S/C11H22N2O2/c12-2-1-3-13-4-9-7-15-8-10(5-13)11(9)6-14/h9-11,14H,1-8,12H2. The number of hydrogen-bond acceptors (Lipinski definition) is 4. The lowest BCUT2D eigenvalue weighted by atomic mass is 9.77. The molecule has 2 rings (SSSR count). The number of fused-ring (bicyclic) bond motifs is 2. The molecule has 2 saturated heterocycles. The van der Waals surface area contributed by atoms with Crippen LogP contribution in [0.15, 0.2) is 0 Å². The lowest BCUT2D eigenvalue weighted by molar-refractivity contribution is -0.0969. The molecule has 2 unspecified atom stereocenters. The van der Waals surface area contributed by atoms with Crippen LogP contribution in [0.25, 0.3) is 0 Å². The Morgan fingerprint density at radius 3 is 2.47 bits per heavy atom. The summed E-state index contributed by atoms with van der Waals surface area (Å²) < 4.78 is 5.56. The van der Waals surface area contributed by atoms with E-state index in [-0.39, 0.29) is 0 Å². The van der Waals surface area contributed by atoms with Crippen molar-refractivity contribution in [3.05, 3.63) is 0 Å². The molecule has 0 saturated carbocycles. The van der Waals surface area contributed by atoms with Crippen molar-refractivity contribution < 1.29 is 9.84 Å². The number of aliphatic hydroxyl groups is 1. The highest BCUT2D eigenvalue weighted by atomic mass is 16.5. The Labute approximate surface area is 91.4 Å². The first-order valence-corrected chi connectivity index (χ1v) is 5.96. The molecule has 0 aliphatic carbocycles. The fraction of sp³-hybridized carbons (Fsp3) is 1.00. The highest BCUT2D eigenvalue weighted by Crippen LogP contribution is 2.32. The van der Waals surface area contributed by atoms with Gasteiger partial charge in [-0.2, -0.15) is 0 Å². The van der Waals surface area contributed by atoms with E-state index in [1.807, 2.05) is 0 Å². The molecule has 4 nitrogen and oxygen atoms in total. The number of nitrogens with zero attached hydrogens (tertiary/aromatic N) is 1. The Hall–Kier alpha value is -0.160. The molecule has 2 fully saturated rings. The highest BCUT2D eigenvalue weighted by molar-refractivity contribution is 4.89. The molecular weight excluding hydrogens is 192 g/mol. The van der Waals surface area contributed by atoms with Crippen molar-refractivity contribution in [1.82, 2.24) is 4.90 Å². The number of ether oxygens (including phenoxy) is 1. The lowest BCUT2D eigenvalue weighted by Gasteiger charge is -2.46. The molecule has 0 radical (unpaired) electrons. The third kappa shape index (κ3) is 2.50. The van der Waals surface area contributed by atoms with Crippen LogP contribution in [-0.2, 0) is 4.74 Å². The smallest absolute Gasteiger partial charge is 0.0510 e. The van der Waals surface area contributed by atoms with Gasteiger partial charge < -0.3 is 20.5 Å². The van der Waals surface area contributed by atoms with Gasteiger partial charge in [0.25, 0.3) is 0 Å². The summed E-state index contributed by atoms with van der Waals surface area (Å²) in [6.45, 7) is 5.97. The predicted molar refractivity (Wildman–Crippen MR) is 58.5 cm³/mol. The average molecular weight is 214 g/mol. The topological polar surface area (TPSA) is 58.7 Å². The summed E-state index contributed by atoms with van der Waals surface area (Å²) in [5.74, 6) is 1.52. The first kappa shape index (κ1) is 11.3. The summed E-state index contributed by atoms with van der Waals surface area (Å²) in [7, 11) is 0. The highest BCUT2D eigenvalue weighted by Gasteiger charge is 2.39. The van der Waals surface area contributed by atoms with Crippen molar-refractivity contribution in [1.29, 1.82) is 0 Å². The molecule has 0 spiro atoms. The molecule has 0 aromatic rings. The zero-order valence-electron chi connectivity index (χ0n) is 9.27. The Bertz CT molecular complexity index is 187. The maximum Gasteiger partial charge on any atom is 0.0510 e. The van der Waals surface area contributed by atoms with Crippen molar-refractivity contribution in [3.8, 4) is 0 Å². The second-order valence-corrected chi connectivity index (χ2v) is 4.81. The maximum atomic E-state index is 9.37. The zero-order chi connectivity index (χ0) is 10.7. The Morgan fingerprint density at radius 1 is 1.27 bits per heavy atom. The van der Waals surface area contributed by atoms with E-state index < -0.39 is 0 Å². The number of aliphatic hydroxyl groups excluding tert-OH is 1. The van der Waals surface area contributed by atoms with Crippen LogP contribution in [0, 0.1) is 17.8 Å². The van der Waals surface area contributed by atoms with Gasteiger partial charge in [-0.15, -0.1) is 0 Å². The molecule has 2 atom stereocenters. The van der Waals surface area contributed by atoms with Gasteiger partial charge in [-0.3, -0.25) is 0 Å². The fourth-order valence-corrected chi connectivity index (χ4v) is 2.91. The van der Waals surface area contributed by atoms with Crippen LogP contribution in [0.2, 0.25) is 0 Å². The average Bonchev–Trinajstić information content (AvgIpc) is 2.24. The third-order valence-corrected chi connectivity index (χ3v) is 3.75. The Morgan fingerprint density at radius 2 is 1.93 bits per heavy atom. The van der Waals surface area contributed by atoms with Gasteiger partial charge in [0.05, 0.1) is 13.2 Å². The summed E-state index contributed by atoms with van der Waals surface area (Å²) in [5.41, 5.74) is 5.52. The van der Waals surface area contributed by atoms with Crippen LogP contribution in [0.1, 0.15) is 6.42 Å². The minimum Gasteiger partial charge on any atom is -0.396 e. The molecule has 3 N–H and O–H groups in total. The molecule has 0 aromatic heterocycles. The van der Waals surface area contributed by atoms with Crippen molar-refractivity contribution in [3.63, 3.8) is 0 Å². The largest absolute Gasteiger partial charge is 0.396 e. The number of likely N-dealkylation sites (tertiary alicyclic amines) is 1. The third-order valence-electron chi connectivity index (χ3n) is 3.75. The summed E-state index contributed by atoms with van der Waals surface area (Å²) in [6.07, 6.45) is 1.07. The fourth-order valence-electron chi connectivity index (χ4n) is 2.91. The normalized spacial score (nSPS) is 36.8. The van der Waals surface area contributed by atoms with Crippen molar-refractivity contribution >= 4 is 0 Å². The van der Waals surface area contributed by atoms with Gasteiger partial charge in [-0.1, -0.05) is 0 Å². The van der Waals surface area contributed by atoms with Gasteiger partial charge in [0.2, 0.25) is 0 Å². The molecular formula is C11H22N2O2. The molecule has 15 heavy (non-hydrogen) atoms. The quantitative estimate of drug-likeness (QED) is 0.664. The van der Waals surface area contributed by atoms with Gasteiger partial charge in [0, 0.05) is 31.5 Å². The van der Waals surface area contributed by atoms with Crippen LogP contribution in [0.3, 0.4) is 0 Å². The number of rotatable bonds is 4. The van der Waals surface area contributed by atoms with Crippen LogP contribution < -0.4 is 5.73 Å². The Balaban J connectivity index is 1.90. The van der Waals surface area contributed by atoms with E-state index in [0.29, 0.717) is 24.4 Å². The SMILES string of the molecule is NCCCN1CC2COCC(C1)C2CO. The second kappa shape index (κ2) is 5.25. The van der Waals surface area contributed by atoms with Gasteiger partial charge >= 0.3 is 0 Å². The predicted octanol–water partition coefficient (Wildman–Crippen LogP) is -0.478. The van der Waals surface area contributed by atoms with Gasteiger partial charge in [0.1, 0.15) is 0 Å². The number of hydrogen-bond donors (Lipinski definition) is 2. The monoisotopic (exact) mass is 214 g/mol. The second-order valence-electron chi connectivity index (χ2n) is 4.81. The van der Waals surface area contributed by atoms with E-state index in [1.54, 1.807) is 0 Å². The molecule has 2 aliphatic heterocycles. The van der Waals surface area contributed by atoms with E-state index in [0.717, 1.165) is 45.8 Å². The molecule has 88 valence electrons. The zero-order valence-corrected chi connectivity index (χ0v) is 9.27. The Kier molecular flexibility index (Phi) is 3.97. The number of piperidine rings is 1. The molecule has 0 amide bonds. The van der Waals surface area contributed by atoms with Crippen LogP contribution in [-0.4, -0.2) is 56.0 Å². The molecule has 2 bridgehead atoms. The van der Waals surface area contributed by atoms with Crippen molar-refractivity contribution in [2.75, 3.05) is 46.0 Å². The van der Waals surface area contributed by atoms with Gasteiger partial charge in [-0.05, 0) is 25.4 Å².